The fourth-order valence-corrected chi connectivity index (χ4v) is 3.41. The van der Waals surface area contributed by atoms with Crippen molar-refractivity contribution in [2.75, 3.05) is 17.2 Å². The number of urea groups is 1. The molecule has 0 spiro atoms. The number of nitrogens with one attached hydrogen (secondary N) is 3. The van der Waals surface area contributed by atoms with Gasteiger partial charge in [0.2, 0.25) is 11.0 Å². The summed E-state index contributed by atoms with van der Waals surface area (Å²) in [7, 11) is 0. The fraction of sp³-hybridized carbons (Fsp3) is 0.150. The number of aromatic hydroxyl groups is 1. The number of hydrogen-bond donors (Lipinski definition) is 4. The van der Waals surface area contributed by atoms with Crippen LogP contribution in [-0.4, -0.2) is 40.1 Å². The fourth-order valence-electron chi connectivity index (χ4n) is 2.42. The Kier molecular flexibility index (Phi) is 8.11. The van der Waals surface area contributed by atoms with Crippen molar-refractivity contribution in [3.63, 3.8) is 0 Å². The largest absolute Gasteiger partial charge is 0.504 e. The van der Waals surface area contributed by atoms with E-state index in [0.717, 1.165) is 15.8 Å². The molecule has 0 aliphatic rings. The lowest BCUT2D eigenvalue weighted by atomic mass is 10.2. The molecule has 0 aliphatic heterocycles. The van der Waals surface area contributed by atoms with Crippen LogP contribution in [0.5, 0.6) is 11.5 Å². The maximum atomic E-state index is 12.1. The molecule has 3 rings (SSSR count). The standard InChI is InChI=1S/C20H19BrN6O4S/c1-2-31-16-8-3-12(9-15(16)28)11-22-25-17(29)10-18-26-27-20(32-18)24-19(30)23-14-6-4-13(21)5-7-14/h3-9,11,28H,2,10H2,1H3,(H,25,29)(H2,23,24,27,30)/b22-11-. The summed E-state index contributed by atoms with van der Waals surface area (Å²) in [4.78, 5) is 24.1. The molecule has 0 aliphatic carbocycles. The number of anilines is 2. The van der Waals surface area contributed by atoms with E-state index >= 15 is 0 Å². The molecular formula is C20H19BrN6O4S. The second-order valence-electron chi connectivity index (χ2n) is 6.22. The van der Waals surface area contributed by atoms with Crippen molar-refractivity contribution in [1.29, 1.82) is 0 Å². The van der Waals surface area contributed by atoms with Gasteiger partial charge in [0, 0.05) is 10.2 Å². The van der Waals surface area contributed by atoms with Gasteiger partial charge in [0.05, 0.1) is 19.2 Å². The van der Waals surface area contributed by atoms with Crippen LogP contribution in [0, 0.1) is 0 Å². The molecule has 0 bridgehead atoms. The van der Waals surface area contributed by atoms with E-state index in [1.165, 1.54) is 12.3 Å². The number of nitrogens with zero attached hydrogens (tertiary/aromatic N) is 3. The number of carbonyl (C=O) groups excluding carboxylic acids is 2. The molecule has 2 aromatic carbocycles. The van der Waals surface area contributed by atoms with Crippen molar-refractivity contribution in [2.45, 2.75) is 13.3 Å². The van der Waals surface area contributed by atoms with Gasteiger partial charge in [-0.25, -0.2) is 10.2 Å². The summed E-state index contributed by atoms with van der Waals surface area (Å²) in [6.45, 7) is 2.26. The summed E-state index contributed by atoms with van der Waals surface area (Å²) in [5.74, 6) is -0.0431. The number of phenols is 1. The van der Waals surface area contributed by atoms with Gasteiger partial charge < -0.3 is 15.2 Å². The van der Waals surface area contributed by atoms with E-state index in [0.29, 0.717) is 28.6 Å². The van der Waals surface area contributed by atoms with E-state index in [1.807, 2.05) is 6.92 Å². The van der Waals surface area contributed by atoms with Gasteiger partial charge >= 0.3 is 6.03 Å². The lowest BCUT2D eigenvalue weighted by Crippen LogP contribution is -2.19. The molecule has 1 aromatic heterocycles. The maximum Gasteiger partial charge on any atom is 0.325 e. The average Bonchev–Trinajstić information content (AvgIpc) is 3.18. The van der Waals surface area contributed by atoms with Gasteiger partial charge in [0.1, 0.15) is 5.01 Å². The Morgan fingerprint density at radius 1 is 1.19 bits per heavy atom. The Hall–Kier alpha value is -3.51. The predicted octanol–water partition coefficient (Wildman–Crippen LogP) is 3.74. The van der Waals surface area contributed by atoms with E-state index in [-0.39, 0.29) is 17.3 Å². The molecule has 4 N–H and O–H groups in total. The highest BCUT2D eigenvalue weighted by Crippen LogP contribution is 2.26. The summed E-state index contributed by atoms with van der Waals surface area (Å²) in [6.07, 6.45) is 1.34. The lowest BCUT2D eigenvalue weighted by Gasteiger charge is -2.05. The third-order valence-corrected chi connectivity index (χ3v) is 5.15. The number of amides is 3. The Balaban J connectivity index is 1.46. The Labute approximate surface area is 195 Å². The molecule has 0 radical (unpaired) electrons. The first kappa shape index (κ1) is 23.2. The van der Waals surface area contributed by atoms with Gasteiger partial charge in [-0.1, -0.05) is 27.3 Å². The number of aromatic nitrogens is 2. The van der Waals surface area contributed by atoms with Gasteiger partial charge in [0.15, 0.2) is 11.5 Å². The molecule has 166 valence electrons. The van der Waals surface area contributed by atoms with Crippen molar-refractivity contribution in [3.05, 3.63) is 57.5 Å². The topological polar surface area (TPSA) is 138 Å². The van der Waals surface area contributed by atoms with E-state index in [1.54, 1.807) is 36.4 Å². The lowest BCUT2D eigenvalue weighted by molar-refractivity contribution is -0.120. The molecule has 3 aromatic rings. The minimum Gasteiger partial charge on any atom is -0.504 e. The van der Waals surface area contributed by atoms with Gasteiger partial charge in [0.25, 0.3) is 0 Å². The Morgan fingerprint density at radius 3 is 2.69 bits per heavy atom. The number of halogens is 1. The summed E-state index contributed by atoms with van der Waals surface area (Å²) >= 11 is 4.40. The molecule has 12 heteroatoms. The van der Waals surface area contributed by atoms with Crippen LogP contribution in [0.2, 0.25) is 0 Å². The van der Waals surface area contributed by atoms with Crippen LogP contribution >= 0.6 is 27.3 Å². The molecule has 0 fully saturated rings. The summed E-state index contributed by atoms with van der Waals surface area (Å²) in [5.41, 5.74) is 3.59. The number of hydrogen-bond acceptors (Lipinski definition) is 8. The van der Waals surface area contributed by atoms with Gasteiger partial charge in [-0.3, -0.25) is 10.1 Å². The first-order valence-corrected chi connectivity index (χ1v) is 11.0. The second kappa shape index (κ2) is 11.2. The van der Waals surface area contributed by atoms with Gasteiger partial charge in [-0.15, -0.1) is 10.2 Å². The van der Waals surface area contributed by atoms with Crippen LogP contribution in [0.4, 0.5) is 15.6 Å². The van der Waals surface area contributed by atoms with Crippen molar-refractivity contribution in [3.8, 4) is 11.5 Å². The highest BCUT2D eigenvalue weighted by atomic mass is 79.9. The summed E-state index contributed by atoms with van der Waals surface area (Å²) in [5, 5.41) is 27.4. The highest BCUT2D eigenvalue weighted by molar-refractivity contribution is 9.10. The third kappa shape index (κ3) is 7.03. The van der Waals surface area contributed by atoms with Crippen LogP contribution < -0.4 is 20.8 Å². The summed E-state index contributed by atoms with van der Waals surface area (Å²) < 4.78 is 6.15. The minimum atomic E-state index is -0.470. The van der Waals surface area contributed by atoms with Crippen LogP contribution in [0.25, 0.3) is 0 Å². The Morgan fingerprint density at radius 2 is 1.97 bits per heavy atom. The van der Waals surface area contributed by atoms with E-state index in [2.05, 4.69) is 47.3 Å². The minimum absolute atomic E-state index is 0.0137. The summed E-state index contributed by atoms with van der Waals surface area (Å²) in [6, 6.07) is 11.4. The molecule has 3 amide bonds. The molecule has 0 unspecified atom stereocenters. The normalized spacial score (nSPS) is 10.7. The van der Waals surface area contributed by atoms with Crippen molar-refractivity contribution in [2.24, 2.45) is 5.10 Å². The second-order valence-corrected chi connectivity index (χ2v) is 8.19. The molecule has 0 saturated carbocycles. The SMILES string of the molecule is CCOc1ccc(/C=N\NC(=O)Cc2nnc(NC(=O)Nc3ccc(Br)cc3)s2)cc1O. The average molecular weight is 519 g/mol. The van der Waals surface area contributed by atoms with E-state index in [4.69, 9.17) is 4.74 Å². The molecule has 0 saturated heterocycles. The molecule has 1 heterocycles. The molecule has 0 atom stereocenters. The number of ether oxygens (including phenoxy) is 1. The van der Waals surface area contributed by atoms with Crippen LogP contribution in [0.1, 0.15) is 17.5 Å². The third-order valence-electron chi connectivity index (χ3n) is 3.79. The molecule has 10 nitrogen and oxygen atoms in total. The molecular weight excluding hydrogens is 500 g/mol. The Bertz CT molecular complexity index is 1120. The van der Waals surface area contributed by atoms with Gasteiger partial charge in [-0.2, -0.15) is 5.10 Å². The highest BCUT2D eigenvalue weighted by Gasteiger charge is 2.11. The zero-order valence-electron chi connectivity index (χ0n) is 16.8. The quantitative estimate of drug-likeness (QED) is 0.264. The number of rotatable bonds is 8. The van der Waals surface area contributed by atoms with Crippen molar-refractivity contribution >= 4 is 56.2 Å². The molecule has 32 heavy (non-hydrogen) atoms. The number of phenolic OH excluding ortho intramolecular Hbond substituents is 1. The van der Waals surface area contributed by atoms with Crippen LogP contribution in [-0.2, 0) is 11.2 Å². The maximum absolute atomic E-state index is 12.1. The zero-order chi connectivity index (χ0) is 22.9. The first-order valence-electron chi connectivity index (χ1n) is 9.36. The number of hydrazone groups is 1. The van der Waals surface area contributed by atoms with Crippen molar-refractivity contribution < 1.29 is 19.4 Å². The van der Waals surface area contributed by atoms with E-state index in [9.17, 15) is 14.7 Å². The van der Waals surface area contributed by atoms with Crippen molar-refractivity contribution in [1.82, 2.24) is 15.6 Å². The van der Waals surface area contributed by atoms with E-state index < -0.39 is 11.9 Å². The van der Waals surface area contributed by atoms with Crippen LogP contribution in [0.3, 0.4) is 0 Å². The van der Waals surface area contributed by atoms with Gasteiger partial charge in [-0.05, 0) is 55.0 Å². The smallest absolute Gasteiger partial charge is 0.325 e. The van der Waals surface area contributed by atoms with Crippen LogP contribution in [0.15, 0.2) is 52.0 Å². The first-order chi connectivity index (χ1) is 15.4. The predicted molar refractivity (Wildman–Crippen MR) is 125 cm³/mol. The number of carbonyl (C=O) groups is 2. The number of benzene rings is 2. The zero-order valence-corrected chi connectivity index (χ0v) is 19.2. The monoisotopic (exact) mass is 518 g/mol.